The molecular weight excluding hydrogens is 204 g/mol. The second-order valence-corrected chi connectivity index (χ2v) is 3.03. The van der Waals surface area contributed by atoms with Gasteiger partial charge in [0.25, 0.3) is 6.43 Å². The fourth-order valence-electron chi connectivity index (χ4n) is 1.24. The minimum atomic E-state index is -2.72. The van der Waals surface area contributed by atoms with Gasteiger partial charge in [0.05, 0.1) is 12.8 Å². The van der Waals surface area contributed by atoms with Crippen LogP contribution in [-0.4, -0.2) is 12.9 Å². The largest absolute Gasteiger partial charge is 0.497 e. The van der Waals surface area contributed by atoms with Crippen molar-refractivity contribution in [1.82, 2.24) is 0 Å². The van der Waals surface area contributed by atoms with E-state index in [9.17, 15) is 13.6 Å². The molecule has 1 aromatic rings. The van der Waals surface area contributed by atoms with Crippen LogP contribution >= 0.6 is 0 Å². The maximum atomic E-state index is 12.5. The van der Waals surface area contributed by atoms with E-state index >= 15 is 0 Å². The second kappa shape index (κ2) is 4.25. The van der Waals surface area contributed by atoms with Crippen LogP contribution < -0.4 is 10.5 Å². The van der Waals surface area contributed by atoms with Gasteiger partial charge in [-0.15, -0.1) is 0 Å². The van der Waals surface area contributed by atoms with Gasteiger partial charge < -0.3 is 10.5 Å². The van der Waals surface area contributed by atoms with Crippen LogP contribution in [-0.2, 0) is 0 Å². The summed E-state index contributed by atoms with van der Waals surface area (Å²) in [6, 6.07) is 2.48. The van der Waals surface area contributed by atoms with Crippen LogP contribution in [0.1, 0.15) is 29.3 Å². The molecule has 0 heterocycles. The number of rotatable bonds is 3. The second-order valence-electron chi connectivity index (χ2n) is 3.03. The Hall–Kier alpha value is -1.65. The number of methoxy groups -OCH3 is 1. The number of halogens is 2. The summed E-state index contributed by atoms with van der Waals surface area (Å²) in [6.45, 7) is 1.26. The van der Waals surface area contributed by atoms with E-state index < -0.39 is 6.43 Å². The number of nitrogens with two attached hydrogens (primary N) is 1. The maximum Gasteiger partial charge on any atom is 0.265 e. The minimum Gasteiger partial charge on any atom is -0.497 e. The Balaban J connectivity index is 3.40. The summed E-state index contributed by atoms with van der Waals surface area (Å²) in [5.41, 5.74) is 4.95. The molecule has 82 valence electrons. The molecule has 0 saturated heterocycles. The van der Waals surface area contributed by atoms with Crippen LogP contribution in [0.3, 0.4) is 0 Å². The minimum absolute atomic E-state index is 0.0599. The zero-order chi connectivity index (χ0) is 11.6. The predicted molar refractivity (Wildman–Crippen MR) is 52.4 cm³/mol. The number of carbonyl (C=O) groups excluding carboxylic acids is 1. The van der Waals surface area contributed by atoms with Crippen LogP contribution in [0.5, 0.6) is 5.75 Å². The number of carbonyl (C=O) groups is 1. The fraction of sp³-hybridized carbons (Fsp3) is 0.300. The summed E-state index contributed by atoms with van der Waals surface area (Å²) < 4.78 is 29.9. The smallest absolute Gasteiger partial charge is 0.265 e. The highest BCUT2D eigenvalue weighted by Gasteiger charge is 2.18. The lowest BCUT2D eigenvalue weighted by molar-refractivity contribution is 0.101. The van der Waals surface area contributed by atoms with Crippen molar-refractivity contribution in [3.63, 3.8) is 0 Å². The quantitative estimate of drug-likeness (QED) is 0.622. The summed E-state index contributed by atoms with van der Waals surface area (Å²) in [5, 5.41) is 0. The van der Waals surface area contributed by atoms with E-state index in [0.29, 0.717) is 0 Å². The number of hydrogen-bond donors (Lipinski definition) is 1. The van der Waals surface area contributed by atoms with Crippen molar-refractivity contribution in [2.24, 2.45) is 0 Å². The van der Waals surface area contributed by atoms with E-state index in [-0.39, 0.29) is 28.3 Å². The Morgan fingerprint density at radius 3 is 2.47 bits per heavy atom. The van der Waals surface area contributed by atoms with Gasteiger partial charge in [0.2, 0.25) is 0 Å². The number of hydrogen-bond acceptors (Lipinski definition) is 3. The van der Waals surface area contributed by atoms with Crippen molar-refractivity contribution < 1.29 is 18.3 Å². The molecule has 0 radical (unpaired) electrons. The SMILES string of the molecule is COc1cc(C(C)=O)c(N)c(C(F)F)c1. The van der Waals surface area contributed by atoms with E-state index in [1.165, 1.54) is 20.1 Å². The molecule has 0 saturated carbocycles. The number of nitrogen functional groups attached to an aromatic ring is 1. The molecule has 0 bridgehead atoms. The first kappa shape index (κ1) is 11.4. The normalized spacial score (nSPS) is 10.5. The maximum absolute atomic E-state index is 12.5. The molecule has 2 N–H and O–H groups in total. The lowest BCUT2D eigenvalue weighted by atomic mass is 10.0. The Morgan fingerprint density at radius 2 is 2.07 bits per heavy atom. The first-order valence-electron chi connectivity index (χ1n) is 4.23. The van der Waals surface area contributed by atoms with Gasteiger partial charge in [-0.1, -0.05) is 0 Å². The van der Waals surface area contributed by atoms with Gasteiger partial charge >= 0.3 is 0 Å². The lowest BCUT2D eigenvalue weighted by Gasteiger charge is -2.11. The molecule has 1 aromatic carbocycles. The van der Waals surface area contributed by atoms with Crippen molar-refractivity contribution in [3.05, 3.63) is 23.3 Å². The van der Waals surface area contributed by atoms with Gasteiger partial charge in [-0.05, 0) is 19.1 Å². The number of ether oxygens (including phenoxy) is 1. The van der Waals surface area contributed by atoms with Gasteiger partial charge in [0.1, 0.15) is 5.75 Å². The number of alkyl halides is 2. The van der Waals surface area contributed by atoms with Crippen molar-refractivity contribution in [1.29, 1.82) is 0 Å². The van der Waals surface area contributed by atoms with Gasteiger partial charge in [-0.25, -0.2) is 8.78 Å². The average Bonchev–Trinajstić information content (AvgIpc) is 2.17. The van der Waals surface area contributed by atoms with Crippen LogP contribution in [0, 0.1) is 0 Å². The van der Waals surface area contributed by atoms with Gasteiger partial charge in [0.15, 0.2) is 5.78 Å². The Labute approximate surface area is 85.8 Å². The molecule has 0 spiro atoms. The average molecular weight is 215 g/mol. The molecule has 5 heteroatoms. The fourth-order valence-corrected chi connectivity index (χ4v) is 1.24. The molecule has 0 fully saturated rings. The Bertz CT molecular complexity index is 391. The molecule has 0 atom stereocenters. The zero-order valence-corrected chi connectivity index (χ0v) is 8.38. The van der Waals surface area contributed by atoms with Crippen molar-refractivity contribution in [2.45, 2.75) is 13.3 Å². The van der Waals surface area contributed by atoms with E-state index in [2.05, 4.69) is 0 Å². The highest BCUT2D eigenvalue weighted by Crippen LogP contribution is 2.32. The third-order valence-electron chi connectivity index (χ3n) is 2.04. The predicted octanol–water partition coefficient (Wildman–Crippen LogP) is 2.42. The zero-order valence-electron chi connectivity index (χ0n) is 8.38. The van der Waals surface area contributed by atoms with Crippen molar-refractivity contribution >= 4 is 11.5 Å². The monoisotopic (exact) mass is 215 g/mol. The standard InChI is InChI=1S/C10H11F2NO2/c1-5(14)7-3-6(15-2)4-8(9(7)13)10(11)12/h3-4,10H,13H2,1-2H3. The van der Waals surface area contributed by atoms with Crippen molar-refractivity contribution in [2.75, 3.05) is 12.8 Å². The molecule has 0 aliphatic rings. The lowest BCUT2D eigenvalue weighted by Crippen LogP contribution is -2.05. The van der Waals surface area contributed by atoms with E-state index in [0.717, 1.165) is 6.07 Å². The molecule has 0 aliphatic carbocycles. The molecule has 0 amide bonds. The Morgan fingerprint density at radius 1 is 1.47 bits per heavy atom. The van der Waals surface area contributed by atoms with E-state index in [4.69, 9.17) is 10.5 Å². The topological polar surface area (TPSA) is 52.3 Å². The first-order chi connectivity index (χ1) is 6.97. The molecule has 3 nitrogen and oxygen atoms in total. The Kier molecular flexibility index (Phi) is 3.24. The number of Topliss-reactive ketones (excluding diaryl/α,β-unsaturated/α-hetero) is 1. The van der Waals surface area contributed by atoms with Crippen LogP contribution in [0.15, 0.2) is 12.1 Å². The molecule has 0 aliphatic heterocycles. The van der Waals surface area contributed by atoms with E-state index in [1.807, 2.05) is 0 Å². The van der Waals surface area contributed by atoms with Crippen LogP contribution in [0.25, 0.3) is 0 Å². The highest BCUT2D eigenvalue weighted by molar-refractivity contribution is 6.00. The first-order valence-corrected chi connectivity index (χ1v) is 4.23. The number of anilines is 1. The summed E-state index contributed by atoms with van der Waals surface area (Å²) in [7, 11) is 1.34. The number of ketones is 1. The van der Waals surface area contributed by atoms with E-state index in [1.54, 1.807) is 0 Å². The van der Waals surface area contributed by atoms with Gasteiger partial charge in [-0.2, -0.15) is 0 Å². The summed E-state index contributed by atoms with van der Waals surface area (Å²) in [5.74, 6) is -0.169. The molecule has 1 rings (SSSR count). The van der Waals surface area contributed by atoms with Crippen LogP contribution in [0.4, 0.5) is 14.5 Å². The molecule has 15 heavy (non-hydrogen) atoms. The summed E-state index contributed by atoms with van der Waals surface area (Å²) in [6.07, 6.45) is -2.72. The highest BCUT2D eigenvalue weighted by atomic mass is 19.3. The molecule has 0 aromatic heterocycles. The summed E-state index contributed by atoms with van der Waals surface area (Å²) >= 11 is 0. The van der Waals surface area contributed by atoms with Crippen LogP contribution in [0.2, 0.25) is 0 Å². The third-order valence-corrected chi connectivity index (χ3v) is 2.04. The molecule has 0 unspecified atom stereocenters. The third kappa shape index (κ3) is 2.23. The molecular formula is C10H11F2NO2. The van der Waals surface area contributed by atoms with Crippen molar-refractivity contribution in [3.8, 4) is 5.75 Å². The number of benzene rings is 1. The summed E-state index contributed by atoms with van der Waals surface area (Å²) in [4.78, 5) is 11.1. The van der Waals surface area contributed by atoms with Gasteiger partial charge in [-0.3, -0.25) is 4.79 Å². The van der Waals surface area contributed by atoms with Gasteiger partial charge in [0, 0.05) is 11.1 Å².